The lowest BCUT2D eigenvalue weighted by molar-refractivity contribution is -0.354. The Labute approximate surface area is 108 Å². The molecule has 0 atom stereocenters. The van der Waals surface area contributed by atoms with E-state index in [4.69, 9.17) is 0 Å². The highest BCUT2D eigenvalue weighted by atomic mass is 16.5. The summed E-state index contributed by atoms with van der Waals surface area (Å²) in [6.45, 7) is 4.13. The Bertz CT molecular complexity index is 538. The molecule has 0 aliphatic rings. The summed E-state index contributed by atoms with van der Waals surface area (Å²) in [4.78, 5) is 0. The third-order valence-electron chi connectivity index (χ3n) is 2.94. The van der Waals surface area contributed by atoms with Gasteiger partial charge in [0.15, 0.2) is 6.21 Å². The highest BCUT2D eigenvalue weighted by molar-refractivity contribution is 5.76. The molecular weight excluding hydrogens is 222 g/mol. The quantitative estimate of drug-likeness (QED) is 0.346. The number of hydrogen-bond acceptors (Lipinski definition) is 1. The highest BCUT2D eigenvalue weighted by Crippen LogP contribution is 2.13. The van der Waals surface area contributed by atoms with E-state index in [0.717, 1.165) is 16.7 Å². The largest absolute Gasteiger partial charge is 0.618 e. The molecule has 2 heteroatoms. The van der Waals surface area contributed by atoms with Crippen molar-refractivity contribution in [3.63, 3.8) is 0 Å². The Morgan fingerprint density at radius 2 is 1.61 bits per heavy atom. The number of aryl methyl sites for hydroxylation is 2. The van der Waals surface area contributed by atoms with Crippen molar-refractivity contribution in [2.24, 2.45) is 0 Å². The van der Waals surface area contributed by atoms with E-state index >= 15 is 0 Å². The van der Waals surface area contributed by atoms with Crippen LogP contribution in [0.3, 0.4) is 0 Å². The molecular formula is C16H17NO. The second-order valence-electron chi connectivity index (χ2n) is 4.39. The first-order chi connectivity index (χ1) is 8.69. The summed E-state index contributed by atoms with van der Waals surface area (Å²) >= 11 is 0. The van der Waals surface area contributed by atoms with E-state index in [1.807, 2.05) is 55.5 Å². The van der Waals surface area contributed by atoms with Gasteiger partial charge in [0.25, 0.3) is 0 Å². The van der Waals surface area contributed by atoms with Gasteiger partial charge in [-0.05, 0) is 31.0 Å². The normalized spacial score (nSPS) is 11.6. The first kappa shape index (κ1) is 12.4. The van der Waals surface area contributed by atoms with Crippen LogP contribution in [0.2, 0.25) is 0 Å². The van der Waals surface area contributed by atoms with Crippen LogP contribution in [0.1, 0.15) is 23.6 Å². The van der Waals surface area contributed by atoms with Crippen molar-refractivity contribution >= 4 is 11.9 Å². The fourth-order valence-corrected chi connectivity index (χ4v) is 1.74. The summed E-state index contributed by atoms with van der Waals surface area (Å²) in [5.74, 6) is 0. The second-order valence-corrected chi connectivity index (χ2v) is 4.39. The van der Waals surface area contributed by atoms with Crippen LogP contribution in [0.25, 0.3) is 0 Å². The zero-order valence-electron chi connectivity index (χ0n) is 10.8. The van der Waals surface area contributed by atoms with Gasteiger partial charge < -0.3 is 5.21 Å². The minimum atomic E-state index is 0.660. The Hall–Kier alpha value is -2.09. The minimum absolute atomic E-state index is 0.660. The summed E-state index contributed by atoms with van der Waals surface area (Å²) in [6.07, 6.45) is 2.58. The molecule has 18 heavy (non-hydrogen) atoms. The Morgan fingerprint density at radius 3 is 2.17 bits per heavy atom. The summed E-state index contributed by atoms with van der Waals surface area (Å²) in [5.41, 5.74) is 4.00. The molecule has 0 radical (unpaired) electrons. The Balaban J connectivity index is 2.23. The van der Waals surface area contributed by atoms with Crippen molar-refractivity contribution in [2.45, 2.75) is 20.3 Å². The van der Waals surface area contributed by atoms with E-state index in [1.165, 1.54) is 11.1 Å². The van der Waals surface area contributed by atoms with E-state index in [-0.39, 0.29) is 0 Å². The fourth-order valence-electron chi connectivity index (χ4n) is 1.74. The zero-order chi connectivity index (χ0) is 13.0. The molecule has 0 aliphatic heterocycles. The molecule has 2 aromatic carbocycles. The molecule has 0 saturated carbocycles. The average Bonchev–Trinajstić information content (AvgIpc) is 2.41. The van der Waals surface area contributed by atoms with Crippen LogP contribution in [0.15, 0.2) is 48.5 Å². The lowest BCUT2D eigenvalue weighted by atomic mass is 10.1. The molecule has 2 rings (SSSR count). The molecule has 0 aromatic heterocycles. The molecule has 0 unspecified atom stereocenters. The summed E-state index contributed by atoms with van der Waals surface area (Å²) in [6, 6.07) is 15.6. The van der Waals surface area contributed by atoms with Crippen LogP contribution >= 0.6 is 0 Å². The van der Waals surface area contributed by atoms with Gasteiger partial charge in [0.2, 0.25) is 5.69 Å². The molecule has 0 heterocycles. The number of benzene rings is 2. The predicted octanol–water partition coefficient (Wildman–Crippen LogP) is 3.82. The summed E-state index contributed by atoms with van der Waals surface area (Å²) in [5, 5.41) is 12.0. The predicted molar refractivity (Wildman–Crippen MR) is 75.5 cm³/mol. The van der Waals surface area contributed by atoms with Gasteiger partial charge in [-0.2, -0.15) is 4.74 Å². The third kappa shape index (κ3) is 2.98. The van der Waals surface area contributed by atoms with E-state index in [0.29, 0.717) is 5.69 Å². The summed E-state index contributed by atoms with van der Waals surface area (Å²) in [7, 11) is 0. The Morgan fingerprint density at radius 1 is 1.00 bits per heavy atom. The average molecular weight is 239 g/mol. The maximum atomic E-state index is 12.0. The molecule has 0 saturated heterocycles. The molecule has 0 bridgehead atoms. The molecule has 0 spiro atoms. The van der Waals surface area contributed by atoms with Gasteiger partial charge in [0.1, 0.15) is 0 Å². The summed E-state index contributed by atoms with van der Waals surface area (Å²) < 4.78 is 0.907. The van der Waals surface area contributed by atoms with Gasteiger partial charge in [-0.3, -0.25) is 0 Å². The van der Waals surface area contributed by atoms with Crippen molar-refractivity contribution in [3.8, 4) is 0 Å². The van der Waals surface area contributed by atoms with Gasteiger partial charge in [0.05, 0.1) is 0 Å². The van der Waals surface area contributed by atoms with Crippen LogP contribution in [0, 0.1) is 12.1 Å². The Kier molecular flexibility index (Phi) is 3.78. The molecule has 0 N–H and O–H groups in total. The fraction of sp³-hybridized carbons (Fsp3) is 0.188. The van der Waals surface area contributed by atoms with Crippen LogP contribution in [0.5, 0.6) is 0 Å². The molecule has 92 valence electrons. The van der Waals surface area contributed by atoms with Crippen molar-refractivity contribution in [2.75, 3.05) is 0 Å². The van der Waals surface area contributed by atoms with Crippen molar-refractivity contribution in [1.29, 1.82) is 0 Å². The lowest BCUT2D eigenvalue weighted by Crippen LogP contribution is -1.98. The van der Waals surface area contributed by atoms with Crippen molar-refractivity contribution in [1.82, 2.24) is 0 Å². The maximum absolute atomic E-state index is 12.0. The molecule has 2 aromatic rings. The van der Waals surface area contributed by atoms with Gasteiger partial charge in [-0.25, -0.2) is 0 Å². The van der Waals surface area contributed by atoms with Crippen molar-refractivity contribution in [3.05, 3.63) is 70.4 Å². The van der Waals surface area contributed by atoms with Gasteiger partial charge in [0, 0.05) is 17.7 Å². The topological polar surface area (TPSA) is 26.1 Å². The lowest BCUT2D eigenvalue weighted by Gasteiger charge is -2.04. The van der Waals surface area contributed by atoms with E-state index in [1.54, 1.807) is 6.21 Å². The molecule has 0 amide bonds. The van der Waals surface area contributed by atoms with Crippen molar-refractivity contribution < 1.29 is 4.74 Å². The second kappa shape index (κ2) is 5.50. The minimum Gasteiger partial charge on any atom is -0.618 e. The van der Waals surface area contributed by atoms with Gasteiger partial charge in [-0.15, -0.1) is 0 Å². The standard InChI is InChI=1S/C16H17NO/c1-3-14-8-10-16(11-9-14)17(18)12-15-6-4-13(2)5-7-15/h4-12H,3H2,1-2H3. The monoisotopic (exact) mass is 239 g/mol. The van der Waals surface area contributed by atoms with Crippen LogP contribution < -0.4 is 0 Å². The molecule has 0 aliphatic carbocycles. The first-order valence-corrected chi connectivity index (χ1v) is 6.16. The maximum Gasteiger partial charge on any atom is 0.216 e. The van der Waals surface area contributed by atoms with Gasteiger partial charge in [-0.1, -0.05) is 36.8 Å². The van der Waals surface area contributed by atoms with Crippen LogP contribution in [-0.2, 0) is 6.42 Å². The van der Waals surface area contributed by atoms with Crippen LogP contribution in [0.4, 0.5) is 5.69 Å². The first-order valence-electron chi connectivity index (χ1n) is 6.16. The van der Waals surface area contributed by atoms with E-state index in [2.05, 4.69) is 6.92 Å². The SMILES string of the molecule is CCc1ccc([N+]([O-])=Cc2ccc(C)cc2)cc1. The molecule has 0 fully saturated rings. The highest BCUT2D eigenvalue weighted by Gasteiger charge is 2.01. The van der Waals surface area contributed by atoms with Crippen LogP contribution in [-0.4, -0.2) is 11.0 Å². The smallest absolute Gasteiger partial charge is 0.216 e. The third-order valence-corrected chi connectivity index (χ3v) is 2.94. The zero-order valence-corrected chi connectivity index (χ0v) is 10.8. The van der Waals surface area contributed by atoms with E-state index in [9.17, 15) is 5.21 Å². The van der Waals surface area contributed by atoms with E-state index < -0.39 is 0 Å². The number of hydrogen-bond donors (Lipinski definition) is 0. The number of rotatable bonds is 3. The number of nitrogens with zero attached hydrogens (tertiary/aromatic N) is 1. The van der Waals surface area contributed by atoms with Gasteiger partial charge >= 0.3 is 0 Å². The molecule has 2 nitrogen and oxygen atoms in total.